The molecule has 0 spiro atoms. The van der Waals surface area contributed by atoms with Gasteiger partial charge in [-0.2, -0.15) is 0 Å². The summed E-state index contributed by atoms with van der Waals surface area (Å²) in [6.45, 7) is 0. The van der Waals surface area contributed by atoms with Crippen LogP contribution < -0.4 is 0 Å². The van der Waals surface area contributed by atoms with Gasteiger partial charge in [-0.1, -0.05) is 23.5 Å². The van der Waals surface area contributed by atoms with Gasteiger partial charge in [0.2, 0.25) is 4.96 Å². The fraction of sp³-hybridized carbons (Fsp3) is 0.0909. The summed E-state index contributed by atoms with van der Waals surface area (Å²) in [5.41, 5.74) is 2.08. The number of halogens is 1. The second-order valence-corrected chi connectivity index (χ2v) is 6.55. The molecule has 0 bridgehead atoms. The Bertz CT molecular complexity index is 625. The van der Waals surface area contributed by atoms with Crippen molar-refractivity contribution < 1.29 is 0 Å². The molecule has 1 aromatic carbocycles. The van der Waals surface area contributed by atoms with Gasteiger partial charge in [-0.3, -0.25) is 0 Å². The largest absolute Gasteiger partial charge is 0.217 e. The van der Waals surface area contributed by atoms with Gasteiger partial charge in [-0.15, -0.1) is 16.9 Å². The van der Waals surface area contributed by atoms with E-state index in [2.05, 4.69) is 56.5 Å². The second-order valence-electron chi connectivity index (χ2n) is 3.44. The lowest BCUT2D eigenvalue weighted by atomic mass is 10.2. The molecule has 0 N–H and O–H groups in total. The molecule has 2 aromatic heterocycles. The summed E-state index contributed by atoms with van der Waals surface area (Å²) >= 11 is 6.62. The molecule has 6 heteroatoms. The maximum absolute atomic E-state index is 4.54. The average Bonchev–Trinajstić information content (AvgIpc) is 2.86. The molecule has 0 aliphatic carbocycles. The minimum absolute atomic E-state index is 0.851. The number of nitrogens with zero attached hydrogens (tertiary/aromatic N) is 3. The number of hydrogen-bond acceptors (Lipinski definition) is 4. The molecule has 3 rings (SSSR count). The fourth-order valence-electron chi connectivity index (χ4n) is 1.58. The van der Waals surface area contributed by atoms with Gasteiger partial charge in [0, 0.05) is 10.5 Å². The number of aromatic nitrogens is 3. The zero-order valence-electron chi connectivity index (χ0n) is 8.92. The summed E-state index contributed by atoms with van der Waals surface area (Å²) in [5, 5.41) is 4.28. The van der Waals surface area contributed by atoms with Crippen LogP contribution in [0.15, 0.2) is 39.3 Å². The Morgan fingerprint density at radius 3 is 2.71 bits per heavy atom. The number of rotatable bonds is 2. The molecule has 0 atom stereocenters. The lowest BCUT2D eigenvalue weighted by molar-refractivity contribution is 0.959. The molecule has 3 aromatic rings. The highest BCUT2D eigenvalue weighted by molar-refractivity contribution is 9.11. The number of hydrogen-bond donors (Lipinski definition) is 0. The van der Waals surface area contributed by atoms with Crippen molar-refractivity contribution in [3.63, 3.8) is 0 Å². The lowest BCUT2D eigenvalue weighted by Crippen LogP contribution is -1.79. The second kappa shape index (κ2) is 4.44. The fourth-order valence-corrected chi connectivity index (χ4v) is 3.20. The summed E-state index contributed by atoms with van der Waals surface area (Å²) in [6.07, 6.45) is 4.02. The predicted molar refractivity (Wildman–Crippen MR) is 75.8 cm³/mol. The Kier molecular flexibility index (Phi) is 2.94. The average molecular weight is 326 g/mol. The van der Waals surface area contributed by atoms with Crippen molar-refractivity contribution in [2.75, 3.05) is 6.26 Å². The first-order valence-electron chi connectivity index (χ1n) is 4.92. The smallest absolute Gasteiger partial charge is 0.213 e. The van der Waals surface area contributed by atoms with Crippen LogP contribution in [0.25, 0.3) is 16.2 Å². The van der Waals surface area contributed by atoms with E-state index in [1.165, 1.54) is 16.2 Å². The molecule has 17 heavy (non-hydrogen) atoms. The summed E-state index contributed by atoms with van der Waals surface area (Å²) in [5.74, 6) is 0. The van der Waals surface area contributed by atoms with Crippen molar-refractivity contribution in [3.8, 4) is 11.3 Å². The van der Waals surface area contributed by atoms with Crippen molar-refractivity contribution in [2.24, 2.45) is 0 Å². The normalized spacial score (nSPS) is 11.2. The van der Waals surface area contributed by atoms with E-state index in [9.17, 15) is 0 Å². The topological polar surface area (TPSA) is 30.2 Å². The Hall–Kier alpha value is -0.850. The molecule has 0 saturated heterocycles. The van der Waals surface area contributed by atoms with Gasteiger partial charge in [-0.25, -0.2) is 9.50 Å². The van der Waals surface area contributed by atoms with Crippen molar-refractivity contribution in [2.45, 2.75) is 4.90 Å². The van der Waals surface area contributed by atoms with Crippen molar-refractivity contribution in [1.29, 1.82) is 0 Å². The zero-order valence-corrected chi connectivity index (χ0v) is 12.1. The first-order chi connectivity index (χ1) is 8.26. The molecule has 0 radical (unpaired) electrons. The molecule has 0 fully saturated rings. The lowest BCUT2D eigenvalue weighted by Gasteiger charge is -1.98. The number of thioether (sulfide) groups is 1. The summed E-state index contributed by atoms with van der Waals surface area (Å²) in [7, 11) is 0. The molecule has 0 saturated carbocycles. The quantitative estimate of drug-likeness (QED) is 0.668. The van der Waals surface area contributed by atoms with Crippen LogP contribution in [0.4, 0.5) is 0 Å². The minimum atomic E-state index is 0.851. The SMILES string of the molecule is CSc1ccc(-c2cn3nc(Br)sc3n2)cc1. The van der Waals surface area contributed by atoms with Crippen LogP contribution in [0.3, 0.4) is 0 Å². The maximum atomic E-state index is 4.54. The number of fused-ring (bicyclic) bond motifs is 1. The van der Waals surface area contributed by atoms with Crippen molar-refractivity contribution >= 4 is 44.0 Å². The highest BCUT2D eigenvalue weighted by Crippen LogP contribution is 2.25. The monoisotopic (exact) mass is 325 g/mol. The standard InChI is InChI=1S/C11H8BrN3S2/c1-16-8-4-2-7(3-5-8)9-6-15-11(13-9)17-10(12)14-15/h2-6H,1H3. The van der Waals surface area contributed by atoms with E-state index in [1.54, 1.807) is 16.3 Å². The van der Waals surface area contributed by atoms with Gasteiger partial charge in [0.05, 0.1) is 11.9 Å². The zero-order chi connectivity index (χ0) is 11.8. The van der Waals surface area contributed by atoms with E-state index in [0.29, 0.717) is 0 Å². The molecule has 86 valence electrons. The van der Waals surface area contributed by atoms with E-state index >= 15 is 0 Å². The van der Waals surface area contributed by atoms with Crippen LogP contribution in [0.5, 0.6) is 0 Å². The van der Waals surface area contributed by atoms with Crippen molar-refractivity contribution in [3.05, 3.63) is 34.4 Å². The summed E-state index contributed by atoms with van der Waals surface area (Å²) < 4.78 is 2.65. The van der Waals surface area contributed by atoms with E-state index in [-0.39, 0.29) is 0 Å². The Balaban J connectivity index is 2.04. The number of imidazole rings is 1. The van der Waals surface area contributed by atoms with Crippen LogP contribution >= 0.6 is 39.0 Å². The van der Waals surface area contributed by atoms with Crippen LogP contribution in [-0.2, 0) is 0 Å². The van der Waals surface area contributed by atoms with E-state index in [1.807, 2.05) is 6.20 Å². The molecule has 0 unspecified atom stereocenters. The van der Waals surface area contributed by atoms with Crippen molar-refractivity contribution in [1.82, 2.24) is 14.6 Å². The maximum Gasteiger partial charge on any atom is 0.213 e. The van der Waals surface area contributed by atoms with Gasteiger partial charge in [0.1, 0.15) is 0 Å². The molecule has 0 aliphatic rings. The highest BCUT2D eigenvalue weighted by atomic mass is 79.9. The molecule has 0 aliphatic heterocycles. The predicted octanol–water partition coefficient (Wildman–Crippen LogP) is 3.94. The van der Waals surface area contributed by atoms with Gasteiger partial charge >= 0.3 is 0 Å². The van der Waals surface area contributed by atoms with Gasteiger partial charge in [-0.05, 0) is 34.3 Å². The van der Waals surface area contributed by atoms with E-state index in [0.717, 1.165) is 20.1 Å². The third kappa shape index (κ3) is 2.12. The van der Waals surface area contributed by atoms with Gasteiger partial charge in [0.25, 0.3) is 0 Å². The summed E-state index contributed by atoms with van der Waals surface area (Å²) in [4.78, 5) is 6.70. The van der Waals surface area contributed by atoms with Gasteiger partial charge < -0.3 is 0 Å². The van der Waals surface area contributed by atoms with Crippen LogP contribution in [0.2, 0.25) is 0 Å². The van der Waals surface area contributed by atoms with Crippen LogP contribution in [0.1, 0.15) is 0 Å². The Morgan fingerprint density at radius 1 is 1.29 bits per heavy atom. The molecule has 0 amide bonds. The molecule has 3 nitrogen and oxygen atoms in total. The molecule has 2 heterocycles. The highest BCUT2D eigenvalue weighted by Gasteiger charge is 2.08. The van der Waals surface area contributed by atoms with Crippen LogP contribution in [-0.4, -0.2) is 20.9 Å². The van der Waals surface area contributed by atoms with E-state index < -0.39 is 0 Å². The van der Waals surface area contributed by atoms with E-state index in [4.69, 9.17) is 0 Å². The Labute approximate surface area is 115 Å². The van der Waals surface area contributed by atoms with Crippen LogP contribution in [0, 0.1) is 0 Å². The first kappa shape index (κ1) is 11.3. The summed E-state index contributed by atoms with van der Waals surface area (Å²) in [6, 6.07) is 8.40. The third-order valence-electron chi connectivity index (χ3n) is 2.40. The minimum Gasteiger partial charge on any atom is -0.217 e. The third-order valence-corrected chi connectivity index (χ3v) is 4.50. The molecular weight excluding hydrogens is 318 g/mol. The Morgan fingerprint density at radius 2 is 2.06 bits per heavy atom. The first-order valence-corrected chi connectivity index (χ1v) is 7.76. The molecular formula is C11H8BrN3S2. The van der Waals surface area contributed by atoms with Gasteiger partial charge in [0.15, 0.2) is 3.92 Å². The number of benzene rings is 1.